The van der Waals surface area contributed by atoms with Gasteiger partial charge < -0.3 is 10.1 Å². The molecule has 0 atom stereocenters. The zero-order valence-corrected chi connectivity index (χ0v) is 10.7. The fourth-order valence-electron chi connectivity index (χ4n) is 1.67. The fraction of sp³-hybridized carbons (Fsp3) is 0.133. The van der Waals surface area contributed by atoms with Crippen LogP contribution in [0.1, 0.15) is 15.9 Å². The minimum Gasteiger partial charge on any atom is -0.497 e. The molecule has 0 unspecified atom stereocenters. The molecule has 2 aromatic carbocycles. The van der Waals surface area contributed by atoms with E-state index in [1.807, 2.05) is 6.92 Å². The third-order valence-corrected chi connectivity index (χ3v) is 2.80. The average Bonchev–Trinajstić information content (AvgIpc) is 2.43. The summed E-state index contributed by atoms with van der Waals surface area (Å²) in [5.74, 6) is 0.0190. The fourth-order valence-corrected chi connectivity index (χ4v) is 1.67. The maximum atomic E-state index is 13.1. The molecule has 2 aromatic rings. The van der Waals surface area contributed by atoms with Gasteiger partial charge in [-0.05, 0) is 48.9 Å². The Labute approximate surface area is 111 Å². The van der Waals surface area contributed by atoms with Crippen LogP contribution in [0.4, 0.5) is 10.1 Å². The van der Waals surface area contributed by atoms with E-state index in [2.05, 4.69) is 5.32 Å². The van der Waals surface area contributed by atoms with Gasteiger partial charge in [0.25, 0.3) is 5.91 Å². The first-order chi connectivity index (χ1) is 9.10. The van der Waals surface area contributed by atoms with E-state index in [9.17, 15) is 9.18 Å². The summed E-state index contributed by atoms with van der Waals surface area (Å²) in [6.07, 6.45) is 0. The Morgan fingerprint density at radius 1 is 1.16 bits per heavy atom. The second-order valence-electron chi connectivity index (χ2n) is 4.14. The van der Waals surface area contributed by atoms with Crippen LogP contribution in [0.25, 0.3) is 0 Å². The number of halogens is 1. The zero-order chi connectivity index (χ0) is 13.8. The van der Waals surface area contributed by atoms with Crippen molar-refractivity contribution in [2.24, 2.45) is 0 Å². The molecule has 2 rings (SSSR count). The first-order valence-electron chi connectivity index (χ1n) is 5.81. The predicted octanol–water partition coefficient (Wildman–Crippen LogP) is 3.40. The maximum absolute atomic E-state index is 13.1. The number of anilines is 1. The lowest BCUT2D eigenvalue weighted by Crippen LogP contribution is -2.12. The lowest BCUT2D eigenvalue weighted by molar-refractivity contribution is 0.102. The number of carbonyl (C=O) groups is 1. The molecule has 0 spiro atoms. The highest BCUT2D eigenvalue weighted by molar-refractivity contribution is 6.04. The van der Waals surface area contributed by atoms with E-state index in [-0.39, 0.29) is 11.7 Å². The molecule has 98 valence electrons. The Bertz CT molecular complexity index is 594. The smallest absolute Gasteiger partial charge is 0.255 e. The molecule has 0 fully saturated rings. The van der Waals surface area contributed by atoms with Crippen LogP contribution >= 0.6 is 0 Å². The van der Waals surface area contributed by atoms with E-state index in [1.165, 1.54) is 12.1 Å². The summed E-state index contributed by atoms with van der Waals surface area (Å²) >= 11 is 0. The Morgan fingerprint density at radius 2 is 1.84 bits per heavy atom. The summed E-state index contributed by atoms with van der Waals surface area (Å²) in [5, 5.41) is 2.69. The van der Waals surface area contributed by atoms with Crippen molar-refractivity contribution in [3.05, 3.63) is 59.4 Å². The number of benzene rings is 2. The first-order valence-corrected chi connectivity index (χ1v) is 5.81. The molecule has 0 aliphatic heterocycles. The molecule has 0 saturated carbocycles. The van der Waals surface area contributed by atoms with E-state index in [0.29, 0.717) is 17.0 Å². The third-order valence-electron chi connectivity index (χ3n) is 2.80. The number of aryl methyl sites for hydroxylation is 1. The molecular weight excluding hydrogens is 245 g/mol. The largest absolute Gasteiger partial charge is 0.497 e. The van der Waals surface area contributed by atoms with Gasteiger partial charge in [0.2, 0.25) is 0 Å². The summed E-state index contributed by atoms with van der Waals surface area (Å²) in [7, 11) is 1.56. The van der Waals surface area contributed by atoms with Gasteiger partial charge in [0.15, 0.2) is 0 Å². The number of ether oxygens (including phenoxy) is 1. The van der Waals surface area contributed by atoms with Crippen LogP contribution < -0.4 is 10.1 Å². The molecule has 19 heavy (non-hydrogen) atoms. The van der Waals surface area contributed by atoms with Crippen molar-refractivity contribution >= 4 is 11.6 Å². The molecule has 1 N–H and O–H groups in total. The number of nitrogens with one attached hydrogen (secondary N) is 1. The van der Waals surface area contributed by atoms with Crippen LogP contribution in [0.5, 0.6) is 5.75 Å². The Kier molecular flexibility index (Phi) is 3.80. The van der Waals surface area contributed by atoms with Crippen LogP contribution in [0.3, 0.4) is 0 Å². The molecule has 0 radical (unpaired) electrons. The molecule has 0 aromatic heterocycles. The molecule has 0 heterocycles. The van der Waals surface area contributed by atoms with Crippen molar-refractivity contribution < 1.29 is 13.9 Å². The van der Waals surface area contributed by atoms with E-state index in [4.69, 9.17) is 4.74 Å². The van der Waals surface area contributed by atoms with Gasteiger partial charge in [-0.15, -0.1) is 0 Å². The van der Waals surface area contributed by atoms with Crippen LogP contribution in [0.15, 0.2) is 42.5 Å². The van der Waals surface area contributed by atoms with Crippen molar-refractivity contribution in [1.82, 2.24) is 0 Å². The lowest BCUT2D eigenvalue weighted by Gasteiger charge is -2.09. The van der Waals surface area contributed by atoms with E-state index in [0.717, 1.165) is 5.56 Å². The third kappa shape index (κ3) is 3.10. The Hall–Kier alpha value is -2.36. The molecule has 4 heteroatoms. The Balaban J connectivity index is 2.18. The summed E-state index contributed by atoms with van der Waals surface area (Å²) in [6.45, 7) is 1.81. The quantitative estimate of drug-likeness (QED) is 0.917. The predicted molar refractivity (Wildman–Crippen MR) is 72.1 cm³/mol. The van der Waals surface area contributed by atoms with Gasteiger partial charge >= 0.3 is 0 Å². The van der Waals surface area contributed by atoms with E-state index >= 15 is 0 Å². The minimum absolute atomic E-state index is 0.281. The number of amides is 1. The second kappa shape index (κ2) is 5.52. The highest BCUT2D eigenvalue weighted by Gasteiger charge is 2.08. The minimum atomic E-state index is -0.379. The van der Waals surface area contributed by atoms with Crippen LogP contribution in [0, 0.1) is 12.7 Å². The molecule has 0 aliphatic rings. The molecule has 0 bridgehead atoms. The summed E-state index contributed by atoms with van der Waals surface area (Å²) < 4.78 is 18.2. The standard InChI is InChI=1S/C15H14FNO2/c1-10-3-6-12(16)9-14(10)17-15(18)11-4-7-13(19-2)8-5-11/h3-9H,1-2H3,(H,17,18). The lowest BCUT2D eigenvalue weighted by atomic mass is 10.1. The van der Waals surface area contributed by atoms with Crippen molar-refractivity contribution in [1.29, 1.82) is 0 Å². The first kappa shape index (κ1) is 13.1. The van der Waals surface area contributed by atoms with Crippen LogP contribution in [0.2, 0.25) is 0 Å². The van der Waals surface area contributed by atoms with Crippen molar-refractivity contribution in [3.63, 3.8) is 0 Å². The van der Waals surface area contributed by atoms with Gasteiger partial charge in [0.05, 0.1) is 7.11 Å². The summed E-state index contributed by atoms with van der Waals surface area (Å²) in [5.41, 5.74) is 1.77. The monoisotopic (exact) mass is 259 g/mol. The van der Waals surface area contributed by atoms with Gasteiger partial charge in [-0.1, -0.05) is 6.07 Å². The number of methoxy groups -OCH3 is 1. The van der Waals surface area contributed by atoms with Crippen molar-refractivity contribution in [2.45, 2.75) is 6.92 Å². The van der Waals surface area contributed by atoms with Crippen LogP contribution in [-0.4, -0.2) is 13.0 Å². The topological polar surface area (TPSA) is 38.3 Å². The summed E-state index contributed by atoms with van der Waals surface area (Å²) in [4.78, 5) is 12.0. The summed E-state index contributed by atoms with van der Waals surface area (Å²) in [6, 6.07) is 11.0. The number of rotatable bonds is 3. The molecular formula is C15H14FNO2. The van der Waals surface area contributed by atoms with E-state index < -0.39 is 0 Å². The number of hydrogen-bond acceptors (Lipinski definition) is 2. The molecule has 3 nitrogen and oxygen atoms in total. The van der Waals surface area contributed by atoms with Crippen molar-refractivity contribution in [2.75, 3.05) is 12.4 Å². The van der Waals surface area contributed by atoms with Gasteiger partial charge in [-0.2, -0.15) is 0 Å². The number of carbonyl (C=O) groups excluding carboxylic acids is 1. The van der Waals surface area contributed by atoms with Gasteiger partial charge in [0, 0.05) is 11.3 Å². The molecule has 0 aliphatic carbocycles. The molecule has 1 amide bonds. The highest BCUT2D eigenvalue weighted by atomic mass is 19.1. The normalized spacial score (nSPS) is 10.1. The number of hydrogen-bond donors (Lipinski definition) is 1. The second-order valence-corrected chi connectivity index (χ2v) is 4.14. The maximum Gasteiger partial charge on any atom is 0.255 e. The molecule has 0 saturated heterocycles. The van der Waals surface area contributed by atoms with Gasteiger partial charge in [0.1, 0.15) is 11.6 Å². The highest BCUT2D eigenvalue weighted by Crippen LogP contribution is 2.18. The van der Waals surface area contributed by atoms with Gasteiger partial charge in [-0.25, -0.2) is 4.39 Å². The zero-order valence-electron chi connectivity index (χ0n) is 10.7. The van der Waals surface area contributed by atoms with Crippen LogP contribution in [-0.2, 0) is 0 Å². The van der Waals surface area contributed by atoms with E-state index in [1.54, 1.807) is 37.4 Å². The van der Waals surface area contributed by atoms with Gasteiger partial charge in [-0.3, -0.25) is 4.79 Å². The van der Waals surface area contributed by atoms with Crippen molar-refractivity contribution in [3.8, 4) is 5.75 Å². The Morgan fingerprint density at radius 3 is 2.47 bits per heavy atom. The average molecular weight is 259 g/mol. The SMILES string of the molecule is COc1ccc(C(=O)Nc2cc(F)ccc2C)cc1.